The molecule has 1 aliphatic heterocycles. The molecular weight excluding hydrogens is 452 g/mol. The van der Waals surface area contributed by atoms with Crippen LogP contribution < -0.4 is 9.62 Å². The zero-order valence-electron chi connectivity index (χ0n) is 19.1. The first-order valence-corrected chi connectivity index (χ1v) is 12.0. The van der Waals surface area contributed by atoms with Gasteiger partial charge in [0.2, 0.25) is 0 Å². The SMILES string of the molecule is Cc1cccc(N2C(=O)c3c(C#N)ccc(NS(=O)(=O)c4ccc(C(C)(C)C)cc4)c3C2=O)n1. The lowest BCUT2D eigenvalue weighted by Crippen LogP contribution is -2.30. The molecule has 0 fully saturated rings. The Hall–Kier alpha value is -4.03. The van der Waals surface area contributed by atoms with Gasteiger partial charge in [0.25, 0.3) is 21.8 Å². The summed E-state index contributed by atoms with van der Waals surface area (Å²) in [6, 6.07) is 15.9. The maximum atomic E-state index is 13.3. The predicted molar refractivity (Wildman–Crippen MR) is 127 cm³/mol. The van der Waals surface area contributed by atoms with Crippen LogP contribution in [0.2, 0.25) is 0 Å². The van der Waals surface area contributed by atoms with Gasteiger partial charge in [-0.05, 0) is 54.3 Å². The lowest BCUT2D eigenvalue weighted by Gasteiger charge is -2.19. The highest BCUT2D eigenvalue weighted by Gasteiger charge is 2.42. The fourth-order valence-corrected chi connectivity index (χ4v) is 4.81. The lowest BCUT2D eigenvalue weighted by molar-refractivity contribution is 0.0925. The quantitative estimate of drug-likeness (QED) is 0.567. The van der Waals surface area contributed by atoms with E-state index in [1.54, 1.807) is 31.2 Å². The van der Waals surface area contributed by atoms with Gasteiger partial charge >= 0.3 is 0 Å². The number of imide groups is 1. The van der Waals surface area contributed by atoms with Crippen LogP contribution in [0.4, 0.5) is 11.5 Å². The summed E-state index contributed by atoms with van der Waals surface area (Å²) in [6.45, 7) is 7.78. The minimum atomic E-state index is -4.08. The molecule has 0 unspecified atom stereocenters. The summed E-state index contributed by atoms with van der Waals surface area (Å²) in [5.74, 6) is -1.39. The first-order valence-electron chi connectivity index (χ1n) is 10.5. The first kappa shape index (κ1) is 23.1. The second-order valence-corrected chi connectivity index (χ2v) is 10.7. The number of hydrogen-bond acceptors (Lipinski definition) is 6. The van der Waals surface area contributed by atoms with Crippen molar-refractivity contribution in [3.05, 3.63) is 82.5 Å². The Morgan fingerprint density at radius 1 is 0.941 bits per heavy atom. The minimum absolute atomic E-state index is 0.00703. The summed E-state index contributed by atoms with van der Waals surface area (Å²) in [7, 11) is -4.08. The molecule has 172 valence electrons. The van der Waals surface area contributed by atoms with Crippen molar-refractivity contribution in [1.82, 2.24) is 4.98 Å². The van der Waals surface area contributed by atoms with Crippen LogP contribution in [-0.2, 0) is 15.4 Å². The Bertz CT molecular complexity index is 1480. The number of nitrogens with one attached hydrogen (secondary N) is 1. The molecule has 2 heterocycles. The molecule has 0 saturated carbocycles. The van der Waals surface area contributed by atoms with E-state index in [4.69, 9.17) is 0 Å². The third-order valence-corrected chi connectivity index (χ3v) is 6.92. The summed E-state index contributed by atoms with van der Waals surface area (Å²) in [5.41, 5.74) is 0.968. The fourth-order valence-electron chi connectivity index (χ4n) is 3.74. The highest BCUT2D eigenvalue weighted by molar-refractivity contribution is 7.92. The second-order valence-electron chi connectivity index (χ2n) is 8.99. The number of sulfonamides is 1. The van der Waals surface area contributed by atoms with Crippen LogP contribution in [0, 0.1) is 18.3 Å². The summed E-state index contributed by atoms with van der Waals surface area (Å²) >= 11 is 0. The van der Waals surface area contributed by atoms with Crippen LogP contribution in [0.1, 0.15) is 58.3 Å². The van der Waals surface area contributed by atoms with E-state index in [1.807, 2.05) is 26.8 Å². The van der Waals surface area contributed by atoms with Gasteiger partial charge in [0, 0.05) is 5.69 Å². The van der Waals surface area contributed by atoms with Gasteiger partial charge in [-0.3, -0.25) is 14.3 Å². The number of pyridine rings is 1. The van der Waals surface area contributed by atoms with Gasteiger partial charge < -0.3 is 0 Å². The van der Waals surface area contributed by atoms with E-state index in [0.29, 0.717) is 5.69 Å². The number of nitrogens with zero attached hydrogens (tertiary/aromatic N) is 3. The van der Waals surface area contributed by atoms with Crippen molar-refractivity contribution >= 4 is 33.3 Å². The molecule has 4 rings (SSSR count). The number of hydrogen-bond donors (Lipinski definition) is 1. The average Bonchev–Trinajstić information content (AvgIpc) is 3.04. The van der Waals surface area contributed by atoms with Crippen LogP contribution in [0.25, 0.3) is 0 Å². The van der Waals surface area contributed by atoms with Crippen LogP contribution in [-0.4, -0.2) is 25.2 Å². The number of carbonyl (C=O) groups excluding carboxylic acids is 2. The molecule has 2 aromatic carbocycles. The number of amides is 2. The summed E-state index contributed by atoms with van der Waals surface area (Å²) in [5, 5.41) is 9.51. The zero-order chi connectivity index (χ0) is 24.8. The van der Waals surface area contributed by atoms with Crippen LogP contribution in [0.3, 0.4) is 0 Å². The molecule has 9 heteroatoms. The molecule has 0 saturated heterocycles. The van der Waals surface area contributed by atoms with Crippen molar-refractivity contribution in [2.45, 2.75) is 38.0 Å². The average molecular weight is 475 g/mol. The summed E-state index contributed by atoms with van der Waals surface area (Å²) in [4.78, 5) is 31.6. The maximum absolute atomic E-state index is 13.3. The van der Waals surface area contributed by atoms with Crippen molar-refractivity contribution in [2.24, 2.45) is 0 Å². The smallest absolute Gasteiger partial charge is 0.269 e. The van der Waals surface area contributed by atoms with Gasteiger partial charge in [-0.15, -0.1) is 0 Å². The highest BCUT2D eigenvalue weighted by Crippen LogP contribution is 2.35. The molecular formula is C25H22N4O4S. The van der Waals surface area contributed by atoms with Crippen molar-refractivity contribution in [3.8, 4) is 6.07 Å². The fraction of sp³-hybridized carbons (Fsp3) is 0.200. The van der Waals surface area contributed by atoms with Gasteiger partial charge in [0.1, 0.15) is 5.82 Å². The standard InChI is InChI=1S/C25H22N4O4S/c1-15-6-5-7-20(27-15)29-23(30)21-16(14-26)8-13-19(22(21)24(29)31)28-34(32,33)18-11-9-17(10-12-18)25(2,3)4/h5-13,28H,1-4H3. The van der Waals surface area contributed by atoms with Crippen LogP contribution in [0.15, 0.2) is 59.5 Å². The number of aromatic nitrogens is 1. The van der Waals surface area contributed by atoms with E-state index < -0.39 is 21.8 Å². The molecule has 3 aromatic rings. The Morgan fingerprint density at radius 2 is 1.59 bits per heavy atom. The van der Waals surface area contributed by atoms with Crippen LogP contribution in [0.5, 0.6) is 0 Å². The van der Waals surface area contributed by atoms with Gasteiger partial charge in [0.15, 0.2) is 0 Å². The molecule has 2 amide bonds. The van der Waals surface area contributed by atoms with Crippen molar-refractivity contribution in [1.29, 1.82) is 5.26 Å². The maximum Gasteiger partial charge on any atom is 0.269 e. The second kappa shape index (κ2) is 8.08. The molecule has 0 bridgehead atoms. The molecule has 34 heavy (non-hydrogen) atoms. The Labute approximate surface area is 197 Å². The highest BCUT2D eigenvalue weighted by atomic mass is 32.2. The van der Waals surface area contributed by atoms with Crippen LogP contribution >= 0.6 is 0 Å². The number of benzene rings is 2. The van der Waals surface area contributed by atoms with Gasteiger partial charge in [-0.1, -0.05) is 39.0 Å². The van der Waals surface area contributed by atoms with E-state index in [1.165, 1.54) is 30.3 Å². The molecule has 0 aliphatic carbocycles. The molecule has 1 aliphatic rings. The van der Waals surface area contributed by atoms with E-state index in [0.717, 1.165) is 10.5 Å². The third-order valence-electron chi connectivity index (χ3n) is 5.54. The van der Waals surface area contributed by atoms with E-state index in [9.17, 15) is 23.3 Å². The first-order chi connectivity index (χ1) is 15.9. The Balaban J connectivity index is 1.77. The lowest BCUT2D eigenvalue weighted by atomic mass is 9.87. The van der Waals surface area contributed by atoms with Gasteiger partial charge in [-0.25, -0.2) is 18.3 Å². The van der Waals surface area contributed by atoms with Gasteiger partial charge in [-0.2, -0.15) is 5.26 Å². The topological polar surface area (TPSA) is 120 Å². The zero-order valence-corrected chi connectivity index (χ0v) is 19.9. The van der Waals surface area contributed by atoms with Gasteiger partial charge in [0.05, 0.1) is 33.3 Å². The van der Waals surface area contributed by atoms with E-state index in [-0.39, 0.29) is 38.5 Å². The summed E-state index contributed by atoms with van der Waals surface area (Å²) in [6.07, 6.45) is 0. The Kier molecular flexibility index (Phi) is 5.50. The van der Waals surface area contributed by atoms with E-state index in [2.05, 4.69) is 9.71 Å². The van der Waals surface area contributed by atoms with Crippen molar-refractivity contribution in [2.75, 3.05) is 9.62 Å². The number of nitriles is 1. The third kappa shape index (κ3) is 3.93. The number of fused-ring (bicyclic) bond motifs is 1. The predicted octanol–water partition coefficient (Wildman–Crippen LogP) is 4.16. The molecule has 1 N–H and O–H groups in total. The molecule has 8 nitrogen and oxygen atoms in total. The molecule has 0 spiro atoms. The number of rotatable bonds is 4. The van der Waals surface area contributed by atoms with Crippen molar-refractivity contribution in [3.63, 3.8) is 0 Å². The van der Waals surface area contributed by atoms with Crippen molar-refractivity contribution < 1.29 is 18.0 Å². The minimum Gasteiger partial charge on any atom is -0.279 e. The molecule has 0 atom stereocenters. The number of carbonyl (C=O) groups is 2. The molecule has 0 radical (unpaired) electrons. The number of aryl methyl sites for hydroxylation is 1. The largest absolute Gasteiger partial charge is 0.279 e. The van der Waals surface area contributed by atoms with E-state index >= 15 is 0 Å². The Morgan fingerprint density at radius 3 is 2.18 bits per heavy atom. The molecule has 1 aromatic heterocycles. The summed E-state index contributed by atoms with van der Waals surface area (Å²) < 4.78 is 28.6. The number of anilines is 2. The monoisotopic (exact) mass is 474 g/mol. The normalized spacial score (nSPS) is 13.6.